The maximum atomic E-state index is 11.6. The summed E-state index contributed by atoms with van der Waals surface area (Å²) in [6.07, 6.45) is 1.07. The molecule has 0 aromatic rings. The first-order chi connectivity index (χ1) is 6.20. The van der Waals surface area contributed by atoms with Crippen molar-refractivity contribution < 1.29 is 4.79 Å². The highest BCUT2D eigenvalue weighted by molar-refractivity contribution is 5.78. The number of piperidine rings is 1. The molecule has 0 aromatic heterocycles. The van der Waals surface area contributed by atoms with E-state index in [0.717, 1.165) is 19.5 Å². The zero-order valence-electron chi connectivity index (χ0n) is 8.21. The Kier molecular flexibility index (Phi) is 2.15. The van der Waals surface area contributed by atoms with Gasteiger partial charge in [-0.3, -0.25) is 0 Å². The van der Waals surface area contributed by atoms with E-state index < -0.39 is 0 Å². The summed E-state index contributed by atoms with van der Waals surface area (Å²) < 4.78 is 0. The second-order valence-corrected chi connectivity index (χ2v) is 4.12. The molecule has 0 bridgehead atoms. The van der Waals surface area contributed by atoms with E-state index in [1.54, 1.807) is 0 Å². The van der Waals surface area contributed by atoms with Crippen molar-refractivity contribution >= 4 is 6.03 Å². The molecule has 0 aliphatic carbocycles. The Morgan fingerprint density at radius 3 is 3.00 bits per heavy atom. The number of fused-ring (bicyclic) bond motifs is 1. The summed E-state index contributed by atoms with van der Waals surface area (Å²) in [5.41, 5.74) is 0. The molecule has 0 saturated carbocycles. The molecule has 4 nitrogen and oxygen atoms in total. The minimum Gasteiger partial charge on any atom is -0.332 e. The summed E-state index contributed by atoms with van der Waals surface area (Å²) in [4.78, 5) is 13.5. The van der Waals surface area contributed by atoms with E-state index in [1.807, 2.05) is 4.90 Å². The van der Waals surface area contributed by atoms with Gasteiger partial charge in [0.15, 0.2) is 0 Å². The topological polar surface area (TPSA) is 44.4 Å². The van der Waals surface area contributed by atoms with Crippen LogP contribution in [0.1, 0.15) is 20.3 Å². The molecule has 2 aliphatic heterocycles. The third kappa shape index (κ3) is 1.39. The Labute approximate surface area is 78.7 Å². The number of amides is 2. The van der Waals surface area contributed by atoms with Gasteiger partial charge < -0.3 is 15.5 Å². The molecule has 2 fully saturated rings. The summed E-state index contributed by atoms with van der Waals surface area (Å²) in [5, 5.41) is 6.31. The highest BCUT2D eigenvalue weighted by Gasteiger charge is 2.41. The molecular formula is C9H17N3O. The summed E-state index contributed by atoms with van der Waals surface area (Å²) >= 11 is 0. The fraction of sp³-hybridized carbons (Fsp3) is 0.889. The fourth-order valence-electron chi connectivity index (χ4n) is 2.33. The van der Waals surface area contributed by atoms with E-state index in [-0.39, 0.29) is 6.03 Å². The number of urea groups is 1. The molecule has 2 aliphatic rings. The smallest absolute Gasteiger partial charge is 0.318 e. The molecule has 4 heteroatoms. The van der Waals surface area contributed by atoms with E-state index >= 15 is 0 Å². The van der Waals surface area contributed by atoms with E-state index in [1.165, 1.54) is 0 Å². The molecule has 0 aromatic carbocycles. The molecular weight excluding hydrogens is 166 g/mol. The van der Waals surface area contributed by atoms with Crippen molar-refractivity contribution in [3.05, 3.63) is 0 Å². The lowest BCUT2D eigenvalue weighted by Gasteiger charge is -2.32. The number of carbonyl (C=O) groups excluding carboxylic acids is 1. The number of hydrogen-bond donors (Lipinski definition) is 2. The maximum absolute atomic E-state index is 11.6. The van der Waals surface area contributed by atoms with Crippen molar-refractivity contribution in [2.24, 2.45) is 0 Å². The lowest BCUT2D eigenvalue weighted by molar-refractivity contribution is 0.172. The van der Waals surface area contributed by atoms with Gasteiger partial charge in [-0.15, -0.1) is 0 Å². The first-order valence-corrected chi connectivity index (χ1v) is 4.99. The number of rotatable bonds is 1. The van der Waals surface area contributed by atoms with E-state index in [2.05, 4.69) is 24.5 Å². The second kappa shape index (κ2) is 3.18. The molecule has 0 spiro atoms. The predicted molar refractivity (Wildman–Crippen MR) is 50.6 cm³/mol. The van der Waals surface area contributed by atoms with Crippen molar-refractivity contribution in [2.75, 3.05) is 13.1 Å². The van der Waals surface area contributed by atoms with Gasteiger partial charge in [0.2, 0.25) is 0 Å². The van der Waals surface area contributed by atoms with Crippen molar-refractivity contribution in [1.29, 1.82) is 0 Å². The number of hydrogen-bond acceptors (Lipinski definition) is 2. The summed E-state index contributed by atoms with van der Waals surface area (Å²) in [6, 6.07) is 1.15. The Balaban J connectivity index is 2.13. The van der Waals surface area contributed by atoms with Gasteiger partial charge in [-0.2, -0.15) is 0 Å². The predicted octanol–water partition coefficient (Wildman–Crippen LogP) is 0.150. The Morgan fingerprint density at radius 2 is 2.31 bits per heavy atom. The zero-order chi connectivity index (χ0) is 9.42. The first kappa shape index (κ1) is 8.81. The summed E-state index contributed by atoms with van der Waals surface area (Å²) in [6.45, 7) is 6.09. The third-order valence-electron chi connectivity index (χ3n) is 2.90. The van der Waals surface area contributed by atoms with Crippen LogP contribution in [0.3, 0.4) is 0 Å². The zero-order valence-corrected chi connectivity index (χ0v) is 8.21. The lowest BCUT2D eigenvalue weighted by atomic mass is 10.0. The minimum absolute atomic E-state index is 0.105. The average Bonchev–Trinajstić information content (AvgIpc) is 2.39. The van der Waals surface area contributed by atoms with Crippen LogP contribution >= 0.6 is 0 Å². The van der Waals surface area contributed by atoms with Crippen molar-refractivity contribution in [1.82, 2.24) is 15.5 Å². The molecule has 0 unspecified atom stereocenters. The number of nitrogens with zero attached hydrogens (tertiary/aromatic N) is 1. The van der Waals surface area contributed by atoms with Crippen LogP contribution in [0, 0.1) is 0 Å². The van der Waals surface area contributed by atoms with Gasteiger partial charge in [0.05, 0.1) is 12.1 Å². The SMILES string of the molecule is CC(C)N1C(=O)N[C@@H]2CNCC[C@H]21. The van der Waals surface area contributed by atoms with Crippen LogP contribution in [0.5, 0.6) is 0 Å². The van der Waals surface area contributed by atoms with Gasteiger partial charge in [0, 0.05) is 12.6 Å². The summed E-state index contributed by atoms with van der Waals surface area (Å²) in [7, 11) is 0. The Hall–Kier alpha value is -0.770. The molecule has 2 rings (SSSR count). The third-order valence-corrected chi connectivity index (χ3v) is 2.90. The van der Waals surface area contributed by atoms with Gasteiger partial charge in [-0.1, -0.05) is 0 Å². The highest BCUT2D eigenvalue weighted by Crippen LogP contribution is 2.21. The molecule has 2 amide bonds. The van der Waals surface area contributed by atoms with Crippen LogP contribution in [0.4, 0.5) is 4.79 Å². The quantitative estimate of drug-likeness (QED) is 0.608. The van der Waals surface area contributed by atoms with E-state index in [0.29, 0.717) is 18.1 Å². The lowest BCUT2D eigenvalue weighted by Crippen LogP contribution is -2.50. The highest BCUT2D eigenvalue weighted by atomic mass is 16.2. The standard InChI is InChI=1S/C9H17N3O/c1-6(2)12-8-3-4-10-5-7(8)11-9(12)13/h6-8,10H,3-5H2,1-2H3,(H,11,13)/t7-,8-/m1/s1. The van der Waals surface area contributed by atoms with Crippen molar-refractivity contribution in [3.8, 4) is 0 Å². The molecule has 2 saturated heterocycles. The number of carbonyl (C=O) groups is 1. The van der Waals surface area contributed by atoms with Gasteiger partial charge in [0.1, 0.15) is 0 Å². The number of nitrogens with one attached hydrogen (secondary N) is 2. The second-order valence-electron chi connectivity index (χ2n) is 4.12. The monoisotopic (exact) mass is 183 g/mol. The van der Waals surface area contributed by atoms with Crippen molar-refractivity contribution in [3.63, 3.8) is 0 Å². The molecule has 2 N–H and O–H groups in total. The van der Waals surface area contributed by atoms with E-state index in [4.69, 9.17) is 0 Å². The Morgan fingerprint density at radius 1 is 1.54 bits per heavy atom. The van der Waals surface area contributed by atoms with Crippen LogP contribution in [0.2, 0.25) is 0 Å². The summed E-state index contributed by atoms with van der Waals surface area (Å²) in [5.74, 6) is 0. The minimum atomic E-state index is 0.105. The van der Waals surface area contributed by atoms with Crippen LogP contribution in [0.15, 0.2) is 0 Å². The van der Waals surface area contributed by atoms with Gasteiger partial charge in [-0.25, -0.2) is 4.79 Å². The van der Waals surface area contributed by atoms with Gasteiger partial charge in [0.25, 0.3) is 0 Å². The fourth-order valence-corrected chi connectivity index (χ4v) is 2.33. The molecule has 0 radical (unpaired) electrons. The molecule has 2 heterocycles. The largest absolute Gasteiger partial charge is 0.332 e. The first-order valence-electron chi connectivity index (χ1n) is 4.99. The molecule has 74 valence electrons. The van der Waals surface area contributed by atoms with Crippen LogP contribution in [-0.4, -0.2) is 42.1 Å². The van der Waals surface area contributed by atoms with E-state index in [9.17, 15) is 4.79 Å². The molecule has 13 heavy (non-hydrogen) atoms. The maximum Gasteiger partial charge on any atom is 0.318 e. The van der Waals surface area contributed by atoms with Crippen molar-refractivity contribution in [2.45, 2.75) is 38.4 Å². The normalized spacial score (nSPS) is 33.5. The van der Waals surface area contributed by atoms with Gasteiger partial charge in [-0.05, 0) is 26.8 Å². The van der Waals surface area contributed by atoms with Crippen LogP contribution < -0.4 is 10.6 Å². The molecule has 2 atom stereocenters. The van der Waals surface area contributed by atoms with Crippen LogP contribution in [0.25, 0.3) is 0 Å². The van der Waals surface area contributed by atoms with Crippen LogP contribution in [-0.2, 0) is 0 Å². The van der Waals surface area contributed by atoms with Gasteiger partial charge >= 0.3 is 6.03 Å². The Bertz CT molecular complexity index is 217. The average molecular weight is 183 g/mol.